The third kappa shape index (κ3) is 3.38. The molecule has 0 aliphatic heterocycles. The van der Waals surface area contributed by atoms with Crippen LogP contribution in [0, 0.1) is 5.82 Å². The number of halogens is 3. The molecule has 3 N–H and O–H groups in total. The van der Waals surface area contributed by atoms with Crippen LogP contribution in [0.1, 0.15) is 23.1 Å². The van der Waals surface area contributed by atoms with E-state index in [1.807, 2.05) is 18.2 Å². The summed E-state index contributed by atoms with van der Waals surface area (Å²) >= 11 is 9.36. The molecule has 0 amide bonds. The van der Waals surface area contributed by atoms with Crippen molar-refractivity contribution >= 4 is 27.5 Å². The van der Waals surface area contributed by atoms with Crippen molar-refractivity contribution in [3.05, 3.63) is 68.9 Å². The van der Waals surface area contributed by atoms with Crippen molar-refractivity contribution in [3.8, 4) is 0 Å². The molecule has 5 heteroatoms. The smallest absolute Gasteiger partial charge is 0.124 e. The van der Waals surface area contributed by atoms with Gasteiger partial charge in [-0.15, -0.1) is 0 Å². The summed E-state index contributed by atoms with van der Waals surface area (Å²) in [5.74, 6) is -0.805. The predicted molar refractivity (Wildman–Crippen MR) is 82.3 cm³/mol. The first kappa shape index (κ1) is 15.4. The first-order valence-corrected chi connectivity index (χ1v) is 7.28. The van der Waals surface area contributed by atoms with Crippen LogP contribution in [0.25, 0.3) is 0 Å². The van der Waals surface area contributed by atoms with Crippen LogP contribution >= 0.6 is 27.5 Å². The van der Waals surface area contributed by atoms with Crippen LogP contribution in [0.3, 0.4) is 0 Å². The molecule has 2 aromatic carbocycles. The van der Waals surface area contributed by atoms with Crippen molar-refractivity contribution in [2.24, 2.45) is 5.73 Å². The molecule has 0 fully saturated rings. The first-order valence-electron chi connectivity index (χ1n) is 6.11. The van der Waals surface area contributed by atoms with Crippen molar-refractivity contribution in [1.82, 2.24) is 0 Å². The lowest BCUT2D eigenvalue weighted by Gasteiger charge is -2.23. The van der Waals surface area contributed by atoms with Gasteiger partial charge in [-0.1, -0.05) is 45.7 Å². The number of aliphatic hydroxyl groups is 1. The van der Waals surface area contributed by atoms with Crippen LogP contribution in [0.15, 0.2) is 46.9 Å². The Morgan fingerprint density at radius 3 is 2.55 bits per heavy atom. The largest absolute Gasteiger partial charge is 0.388 e. The molecule has 0 radical (unpaired) electrons. The molecule has 2 aromatic rings. The van der Waals surface area contributed by atoms with Crippen molar-refractivity contribution in [2.75, 3.05) is 6.54 Å². The Bertz CT molecular complexity index is 588. The van der Waals surface area contributed by atoms with Crippen molar-refractivity contribution in [1.29, 1.82) is 0 Å². The Kier molecular flexibility index (Phi) is 5.16. The average Bonchev–Trinajstić information content (AvgIpc) is 2.40. The van der Waals surface area contributed by atoms with Crippen LogP contribution in [0.5, 0.6) is 0 Å². The lowest BCUT2D eigenvalue weighted by Crippen LogP contribution is -2.20. The van der Waals surface area contributed by atoms with Gasteiger partial charge >= 0.3 is 0 Å². The highest BCUT2D eigenvalue weighted by Crippen LogP contribution is 2.35. The summed E-state index contributed by atoms with van der Waals surface area (Å²) in [5, 5.41) is 11.0. The summed E-state index contributed by atoms with van der Waals surface area (Å²) in [7, 11) is 0. The maximum Gasteiger partial charge on any atom is 0.124 e. The molecule has 0 spiro atoms. The zero-order valence-electron chi connectivity index (χ0n) is 10.6. The predicted octanol–water partition coefficient (Wildman–Crippen LogP) is 4.02. The number of hydrogen-bond donors (Lipinski definition) is 2. The van der Waals surface area contributed by atoms with E-state index in [1.165, 1.54) is 12.1 Å². The van der Waals surface area contributed by atoms with E-state index in [0.717, 1.165) is 5.56 Å². The van der Waals surface area contributed by atoms with Gasteiger partial charge in [0.1, 0.15) is 5.82 Å². The molecule has 106 valence electrons. The Balaban J connectivity index is 2.39. The normalized spacial score (nSPS) is 14.1. The van der Waals surface area contributed by atoms with Gasteiger partial charge in [-0.2, -0.15) is 0 Å². The molecule has 0 aliphatic rings. The highest BCUT2D eigenvalue weighted by atomic mass is 79.9. The first-order chi connectivity index (χ1) is 9.52. The van der Waals surface area contributed by atoms with E-state index in [1.54, 1.807) is 12.1 Å². The Labute approximate surface area is 130 Å². The summed E-state index contributed by atoms with van der Waals surface area (Å²) < 4.78 is 14.0. The Hall–Kier alpha value is -0.940. The summed E-state index contributed by atoms with van der Waals surface area (Å²) in [6, 6.07) is 11.5. The van der Waals surface area contributed by atoms with E-state index in [2.05, 4.69) is 15.9 Å². The van der Waals surface area contributed by atoms with Crippen LogP contribution in [-0.2, 0) is 0 Å². The number of rotatable bonds is 4. The van der Waals surface area contributed by atoms with Crippen molar-refractivity contribution in [2.45, 2.75) is 12.0 Å². The van der Waals surface area contributed by atoms with E-state index < -0.39 is 17.8 Å². The molecule has 0 saturated carbocycles. The molecule has 0 aromatic heterocycles. The van der Waals surface area contributed by atoms with E-state index in [0.29, 0.717) is 15.1 Å². The van der Waals surface area contributed by atoms with Gasteiger partial charge in [0.25, 0.3) is 0 Å². The fourth-order valence-corrected chi connectivity index (χ4v) is 2.94. The molecular weight excluding hydrogens is 345 g/mol. The average molecular weight is 359 g/mol. The van der Waals surface area contributed by atoms with Gasteiger partial charge in [-0.05, 0) is 35.4 Å². The number of benzene rings is 2. The molecule has 2 unspecified atom stereocenters. The highest BCUT2D eigenvalue weighted by molar-refractivity contribution is 9.10. The molecule has 0 aliphatic carbocycles. The van der Waals surface area contributed by atoms with Gasteiger partial charge in [-0.3, -0.25) is 0 Å². The van der Waals surface area contributed by atoms with Crippen molar-refractivity contribution < 1.29 is 9.50 Å². The van der Waals surface area contributed by atoms with Gasteiger partial charge in [0.2, 0.25) is 0 Å². The third-order valence-corrected chi connectivity index (χ3v) is 3.97. The van der Waals surface area contributed by atoms with Gasteiger partial charge in [-0.25, -0.2) is 4.39 Å². The van der Waals surface area contributed by atoms with E-state index in [4.69, 9.17) is 17.3 Å². The topological polar surface area (TPSA) is 46.2 Å². The maximum absolute atomic E-state index is 13.4. The second-order valence-electron chi connectivity index (χ2n) is 4.51. The minimum absolute atomic E-state index is 0.207. The lowest BCUT2D eigenvalue weighted by atomic mass is 9.89. The maximum atomic E-state index is 13.4. The summed E-state index contributed by atoms with van der Waals surface area (Å²) in [5.41, 5.74) is 6.98. The second kappa shape index (κ2) is 6.68. The molecule has 0 saturated heterocycles. The molecule has 2 rings (SSSR count). The van der Waals surface area contributed by atoms with E-state index >= 15 is 0 Å². The van der Waals surface area contributed by atoms with Crippen LogP contribution in [0.4, 0.5) is 4.39 Å². The lowest BCUT2D eigenvalue weighted by molar-refractivity contribution is 0.147. The summed E-state index contributed by atoms with van der Waals surface area (Å²) in [6.45, 7) is 0.207. The van der Waals surface area contributed by atoms with Crippen LogP contribution in [-0.4, -0.2) is 11.7 Å². The zero-order chi connectivity index (χ0) is 14.7. The Morgan fingerprint density at radius 2 is 1.95 bits per heavy atom. The summed E-state index contributed by atoms with van der Waals surface area (Å²) in [4.78, 5) is 0. The molecular formula is C15H14BrClFNO. The van der Waals surface area contributed by atoms with Crippen LogP contribution in [0.2, 0.25) is 5.02 Å². The highest BCUT2D eigenvalue weighted by Gasteiger charge is 2.24. The quantitative estimate of drug-likeness (QED) is 0.867. The minimum Gasteiger partial charge on any atom is -0.388 e. The molecule has 0 heterocycles. The van der Waals surface area contributed by atoms with Gasteiger partial charge in [0.15, 0.2) is 0 Å². The van der Waals surface area contributed by atoms with E-state index in [9.17, 15) is 9.50 Å². The molecule has 2 atom stereocenters. The number of hydrogen-bond acceptors (Lipinski definition) is 2. The third-order valence-electron chi connectivity index (χ3n) is 3.17. The minimum atomic E-state index is -0.924. The zero-order valence-corrected chi connectivity index (χ0v) is 12.9. The number of nitrogens with two attached hydrogens (primary N) is 1. The molecule has 2 nitrogen and oxygen atoms in total. The second-order valence-corrected chi connectivity index (χ2v) is 5.83. The number of aliphatic hydroxyl groups excluding tert-OH is 1. The van der Waals surface area contributed by atoms with Gasteiger partial charge in [0, 0.05) is 22.0 Å². The fraction of sp³-hybridized carbons (Fsp3) is 0.200. The standard InChI is InChI=1S/C15H14BrClFNO/c16-10-5-9(6-11(18)7-10)15(20)13(8-19)12-3-1-2-4-14(12)17/h1-7,13,15,20H,8,19H2. The molecule has 0 bridgehead atoms. The Morgan fingerprint density at radius 1 is 1.25 bits per heavy atom. The van der Waals surface area contributed by atoms with Crippen molar-refractivity contribution in [3.63, 3.8) is 0 Å². The SMILES string of the molecule is NCC(c1ccccc1Cl)C(O)c1cc(F)cc(Br)c1. The monoisotopic (exact) mass is 357 g/mol. The molecule has 20 heavy (non-hydrogen) atoms. The van der Waals surface area contributed by atoms with E-state index in [-0.39, 0.29) is 6.54 Å². The summed E-state index contributed by atoms with van der Waals surface area (Å²) in [6.07, 6.45) is -0.924. The van der Waals surface area contributed by atoms with Gasteiger partial charge < -0.3 is 10.8 Å². The fourth-order valence-electron chi connectivity index (χ4n) is 2.18. The van der Waals surface area contributed by atoms with Gasteiger partial charge in [0.05, 0.1) is 6.10 Å². The van der Waals surface area contributed by atoms with Crippen LogP contribution < -0.4 is 5.73 Å².